The minimum atomic E-state index is -3.90. The maximum absolute atomic E-state index is 12.8. The van der Waals surface area contributed by atoms with E-state index in [2.05, 4.69) is 26.0 Å². The van der Waals surface area contributed by atoms with Crippen LogP contribution in [-0.2, 0) is 10.0 Å². The van der Waals surface area contributed by atoms with Gasteiger partial charge in [0.25, 0.3) is 15.9 Å². The molecule has 28 heavy (non-hydrogen) atoms. The molecule has 2 aromatic carbocycles. The Morgan fingerprint density at radius 3 is 2.04 bits per heavy atom. The van der Waals surface area contributed by atoms with Crippen molar-refractivity contribution < 1.29 is 22.7 Å². The lowest BCUT2D eigenvalue weighted by Crippen LogP contribution is -2.40. The van der Waals surface area contributed by atoms with Crippen LogP contribution in [0.3, 0.4) is 0 Å². The number of nitrogens with one attached hydrogen (secondary N) is 2. The van der Waals surface area contributed by atoms with Crippen molar-refractivity contribution in [2.75, 3.05) is 18.9 Å². The first kappa shape index (κ1) is 22.0. The lowest BCUT2D eigenvalue weighted by atomic mass is 10.1. The summed E-state index contributed by atoms with van der Waals surface area (Å²) in [5.41, 5.74) is 0.399. The van der Waals surface area contributed by atoms with Gasteiger partial charge in [-0.05, 0) is 67.0 Å². The van der Waals surface area contributed by atoms with Gasteiger partial charge in [-0.2, -0.15) is 0 Å². The van der Waals surface area contributed by atoms with Crippen molar-refractivity contribution in [3.8, 4) is 11.5 Å². The van der Waals surface area contributed by atoms with Gasteiger partial charge in [-0.25, -0.2) is 8.42 Å². The summed E-state index contributed by atoms with van der Waals surface area (Å²) >= 11 is 3.25. The molecule has 0 atom stereocenters. The van der Waals surface area contributed by atoms with Crippen molar-refractivity contribution in [2.24, 2.45) is 0 Å². The average molecular weight is 471 g/mol. The molecule has 7 nitrogen and oxygen atoms in total. The lowest BCUT2D eigenvalue weighted by molar-refractivity contribution is 0.0919. The molecule has 0 heterocycles. The number of benzene rings is 2. The third-order valence-corrected chi connectivity index (χ3v) is 5.96. The maximum Gasteiger partial charge on any atom is 0.263 e. The quantitative estimate of drug-likeness (QED) is 0.669. The molecule has 0 saturated carbocycles. The summed E-state index contributed by atoms with van der Waals surface area (Å²) in [5.74, 6) is 0.465. The summed E-state index contributed by atoms with van der Waals surface area (Å²) in [7, 11) is -1.00. The van der Waals surface area contributed by atoms with E-state index in [1.165, 1.54) is 38.5 Å². The van der Waals surface area contributed by atoms with Gasteiger partial charge in [0.15, 0.2) is 11.5 Å². The van der Waals surface area contributed by atoms with Crippen LogP contribution in [0.15, 0.2) is 45.8 Å². The monoisotopic (exact) mass is 470 g/mol. The van der Waals surface area contributed by atoms with Crippen molar-refractivity contribution in [3.63, 3.8) is 0 Å². The van der Waals surface area contributed by atoms with Crippen molar-refractivity contribution in [2.45, 2.75) is 31.2 Å². The maximum atomic E-state index is 12.8. The first-order chi connectivity index (χ1) is 13.0. The highest BCUT2D eigenvalue weighted by atomic mass is 79.9. The summed E-state index contributed by atoms with van der Waals surface area (Å²) in [6.45, 7) is 5.65. The number of halogens is 1. The summed E-state index contributed by atoms with van der Waals surface area (Å²) in [5, 5.41) is 2.85. The molecule has 0 aliphatic carbocycles. The van der Waals surface area contributed by atoms with Crippen LogP contribution >= 0.6 is 15.9 Å². The first-order valence-electron chi connectivity index (χ1n) is 8.34. The molecule has 0 saturated heterocycles. The molecule has 2 rings (SSSR count). The largest absolute Gasteiger partial charge is 0.493 e. The SMILES string of the molecule is COc1cc(Br)c(S(=O)(=O)Nc2ccc(C(=O)NC(C)(C)C)cc2)cc1OC. The number of rotatable bonds is 6. The number of anilines is 1. The standard InChI is InChI=1S/C19H23BrN2O5S/c1-19(2,3)21-18(23)12-6-8-13(9-7-12)22-28(24,25)17-11-16(27-5)15(26-4)10-14(17)20/h6-11,22H,1-5H3,(H,21,23). The predicted molar refractivity (Wildman–Crippen MR) is 112 cm³/mol. The van der Waals surface area contributed by atoms with Gasteiger partial charge >= 0.3 is 0 Å². The Morgan fingerprint density at radius 2 is 1.54 bits per heavy atom. The Balaban J connectivity index is 2.26. The van der Waals surface area contributed by atoms with Gasteiger partial charge in [0.05, 0.1) is 14.2 Å². The Kier molecular flexibility index (Phi) is 6.61. The molecule has 0 unspecified atom stereocenters. The highest BCUT2D eigenvalue weighted by molar-refractivity contribution is 9.10. The van der Waals surface area contributed by atoms with E-state index in [1.807, 2.05) is 20.8 Å². The minimum Gasteiger partial charge on any atom is -0.493 e. The summed E-state index contributed by atoms with van der Waals surface area (Å²) in [6, 6.07) is 9.07. The molecule has 9 heteroatoms. The van der Waals surface area contributed by atoms with Crippen molar-refractivity contribution in [1.82, 2.24) is 5.32 Å². The normalized spacial score (nSPS) is 11.6. The zero-order chi connectivity index (χ0) is 21.1. The molecule has 0 aliphatic heterocycles. The van der Waals surface area contributed by atoms with Gasteiger partial charge in [-0.1, -0.05) is 0 Å². The zero-order valence-electron chi connectivity index (χ0n) is 16.3. The number of hydrogen-bond acceptors (Lipinski definition) is 5. The van der Waals surface area contributed by atoms with E-state index in [9.17, 15) is 13.2 Å². The first-order valence-corrected chi connectivity index (χ1v) is 10.6. The van der Waals surface area contributed by atoms with E-state index in [-0.39, 0.29) is 16.3 Å². The minimum absolute atomic E-state index is 0.000276. The van der Waals surface area contributed by atoms with Gasteiger partial charge < -0.3 is 14.8 Å². The van der Waals surface area contributed by atoms with Crippen molar-refractivity contribution in [1.29, 1.82) is 0 Å². The van der Waals surface area contributed by atoms with E-state index in [0.717, 1.165) is 0 Å². The molecule has 0 aromatic heterocycles. The fourth-order valence-corrected chi connectivity index (χ4v) is 4.45. The van der Waals surface area contributed by atoms with E-state index in [1.54, 1.807) is 12.1 Å². The molecule has 0 fully saturated rings. The molecule has 0 bridgehead atoms. The number of amides is 1. The Morgan fingerprint density at radius 1 is 1.00 bits per heavy atom. The second kappa shape index (κ2) is 8.40. The van der Waals surface area contributed by atoms with Crippen molar-refractivity contribution >= 4 is 37.5 Å². The number of ether oxygens (including phenoxy) is 2. The van der Waals surface area contributed by atoms with Gasteiger partial charge in [0.1, 0.15) is 4.90 Å². The van der Waals surface area contributed by atoms with Crippen LogP contribution in [0.2, 0.25) is 0 Å². The number of methoxy groups -OCH3 is 2. The predicted octanol–water partition coefficient (Wildman–Crippen LogP) is 3.80. The number of hydrogen-bond donors (Lipinski definition) is 2. The highest BCUT2D eigenvalue weighted by Crippen LogP contribution is 2.36. The average Bonchev–Trinajstić information content (AvgIpc) is 2.60. The molecule has 0 spiro atoms. The van der Waals surface area contributed by atoms with Gasteiger partial charge in [0.2, 0.25) is 0 Å². The van der Waals surface area contributed by atoms with Crippen LogP contribution in [0.25, 0.3) is 0 Å². The fourth-order valence-electron chi connectivity index (χ4n) is 2.35. The van der Waals surface area contributed by atoms with Crippen LogP contribution in [0.5, 0.6) is 11.5 Å². The molecule has 152 valence electrons. The van der Waals surface area contributed by atoms with Crippen LogP contribution in [0.1, 0.15) is 31.1 Å². The molecule has 2 N–H and O–H groups in total. The second-order valence-electron chi connectivity index (χ2n) is 7.02. The van der Waals surface area contributed by atoms with Crippen LogP contribution in [-0.4, -0.2) is 34.1 Å². The zero-order valence-corrected chi connectivity index (χ0v) is 18.7. The van der Waals surface area contributed by atoms with Gasteiger partial charge in [0, 0.05) is 27.3 Å². The third-order valence-electron chi connectivity index (χ3n) is 3.62. The Bertz CT molecular complexity index is 967. The molecule has 0 radical (unpaired) electrons. The lowest BCUT2D eigenvalue weighted by Gasteiger charge is -2.20. The van der Waals surface area contributed by atoms with E-state index in [4.69, 9.17) is 9.47 Å². The summed E-state index contributed by atoms with van der Waals surface area (Å²) in [4.78, 5) is 12.2. The number of carbonyl (C=O) groups excluding carboxylic acids is 1. The fraction of sp³-hybridized carbons (Fsp3) is 0.316. The van der Waals surface area contributed by atoms with Gasteiger partial charge in [-0.3, -0.25) is 9.52 Å². The van der Waals surface area contributed by atoms with Crippen molar-refractivity contribution in [3.05, 3.63) is 46.4 Å². The van der Waals surface area contributed by atoms with E-state index < -0.39 is 10.0 Å². The van der Waals surface area contributed by atoms with Crippen LogP contribution in [0, 0.1) is 0 Å². The molecule has 0 aliphatic rings. The van der Waals surface area contributed by atoms with Crippen LogP contribution < -0.4 is 19.5 Å². The van der Waals surface area contributed by atoms with E-state index >= 15 is 0 Å². The number of carbonyl (C=O) groups is 1. The third kappa shape index (κ3) is 5.39. The molecule has 1 amide bonds. The smallest absolute Gasteiger partial charge is 0.263 e. The topological polar surface area (TPSA) is 93.7 Å². The van der Waals surface area contributed by atoms with Crippen LogP contribution in [0.4, 0.5) is 5.69 Å². The Hall–Kier alpha value is -2.26. The molecular formula is C19H23BrN2O5S. The summed E-state index contributed by atoms with van der Waals surface area (Å²) in [6.07, 6.45) is 0. The summed E-state index contributed by atoms with van der Waals surface area (Å²) < 4.78 is 38.7. The molecule has 2 aromatic rings. The van der Waals surface area contributed by atoms with Gasteiger partial charge in [-0.15, -0.1) is 0 Å². The van der Waals surface area contributed by atoms with E-state index in [0.29, 0.717) is 27.2 Å². The number of sulfonamides is 1. The Labute approximate surface area is 173 Å². The second-order valence-corrected chi connectivity index (χ2v) is 9.53. The highest BCUT2D eigenvalue weighted by Gasteiger charge is 2.22. The molecular weight excluding hydrogens is 448 g/mol.